The second-order valence-electron chi connectivity index (χ2n) is 9.73. The van der Waals surface area contributed by atoms with Gasteiger partial charge in [0.25, 0.3) is 0 Å². The van der Waals surface area contributed by atoms with Crippen molar-refractivity contribution in [2.75, 3.05) is 0 Å². The van der Waals surface area contributed by atoms with E-state index in [1.54, 1.807) is 0 Å². The molecule has 2 unspecified atom stereocenters. The molecule has 2 rings (SSSR count). The topological polar surface area (TPSA) is 84.2 Å². The highest BCUT2D eigenvalue weighted by atomic mass is 16.2. The number of carbonyl (C=O) groups excluding carboxylic acids is 2. The molecular formula is C27H37N3O2. The third-order valence-electron chi connectivity index (χ3n) is 4.88. The van der Waals surface area contributed by atoms with Gasteiger partial charge < -0.3 is 16.4 Å². The third kappa shape index (κ3) is 9.06. The summed E-state index contributed by atoms with van der Waals surface area (Å²) in [6.45, 7) is 9.79. The molecule has 5 nitrogen and oxygen atoms in total. The summed E-state index contributed by atoms with van der Waals surface area (Å²) in [4.78, 5) is 25.5. The van der Waals surface area contributed by atoms with Crippen LogP contribution in [0.5, 0.6) is 0 Å². The molecule has 0 bridgehead atoms. The Morgan fingerprint density at radius 3 is 2.00 bits per heavy atom. The molecule has 0 spiro atoms. The van der Waals surface area contributed by atoms with Crippen LogP contribution in [0.25, 0.3) is 12.2 Å². The number of carbonyl (C=O) groups is 2. The van der Waals surface area contributed by atoms with Gasteiger partial charge in [0.2, 0.25) is 11.8 Å². The van der Waals surface area contributed by atoms with Crippen LogP contribution in [0.3, 0.4) is 0 Å². The summed E-state index contributed by atoms with van der Waals surface area (Å²) >= 11 is 0. The zero-order valence-corrected chi connectivity index (χ0v) is 19.9. The first kappa shape index (κ1) is 25.3. The molecule has 5 heteroatoms. The van der Waals surface area contributed by atoms with Gasteiger partial charge in [-0.2, -0.15) is 0 Å². The van der Waals surface area contributed by atoms with E-state index in [1.807, 2.05) is 77.1 Å². The van der Waals surface area contributed by atoms with Crippen molar-refractivity contribution in [3.05, 3.63) is 71.3 Å². The van der Waals surface area contributed by atoms with E-state index < -0.39 is 17.6 Å². The van der Waals surface area contributed by atoms with E-state index in [1.165, 1.54) is 0 Å². The van der Waals surface area contributed by atoms with Gasteiger partial charge in [-0.25, -0.2) is 0 Å². The molecule has 2 aromatic carbocycles. The Morgan fingerprint density at radius 1 is 0.906 bits per heavy atom. The lowest BCUT2D eigenvalue weighted by atomic mass is 10.00. The molecular weight excluding hydrogens is 398 g/mol. The van der Waals surface area contributed by atoms with Crippen LogP contribution in [0.4, 0.5) is 0 Å². The molecule has 2 atom stereocenters. The molecule has 4 N–H and O–H groups in total. The van der Waals surface area contributed by atoms with E-state index >= 15 is 0 Å². The van der Waals surface area contributed by atoms with Crippen LogP contribution in [-0.2, 0) is 16.0 Å². The Bertz CT molecular complexity index is 897. The van der Waals surface area contributed by atoms with Crippen LogP contribution >= 0.6 is 0 Å². The monoisotopic (exact) mass is 435 g/mol. The molecule has 2 aromatic rings. The van der Waals surface area contributed by atoms with Gasteiger partial charge in [-0.15, -0.1) is 0 Å². The molecule has 0 aliphatic heterocycles. The minimum atomic E-state index is -0.689. The molecule has 0 radical (unpaired) electrons. The van der Waals surface area contributed by atoms with Gasteiger partial charge in [0.1, 0.15) is 6.04 Å². The first-order chi connectivity index (χ1) is 15.0. The number of rotatable bonds is 9. The van der Waals surface area contributed by atoms with Crippen LogP contribution in [0.15, 0.2) is 54.6 Å². The molecule has 0 saturated carbocycles. The predicted molar refractivity (Wildman–Crippen MR) is 133 cm³/mol. The highest BCUT2D eigenvalue weighted by Gasteiger charge is 2.27. The van der Waals surface area contributed by atoms with E-state index in [9.17, 15) is 9.59 Å². The Balaban J connectivity index is 2.11. The van der Waals surface area contributed by atoms with Crippen molar-refractivity contribution >= 4 is 24.0 Å². The fourth-order valence-electron chi connectivity index (χ4n) is 3.32. The number of nitrogens with one attached hydrogen (secondary N) is 2. The number of hydrogen-bond donors (Lipinski definition) is 3. The van der Waals surface area contributed by atoms with Gasteiger partial charge in [-0.05, 0) is 49.8 Å². The second-order valence-corrected chi connectivity index (χ2v) is 9.73. The summed E-state index contributed by atoms with van der Waals surface area (Å²) in [5, 5.41) is 5.83. The maximum atomic E-state index is 12.9. The largest absolute Gasteiger partial charge is 0.350 e. The molecule has 0 saturated heterocycles. The molecule has 172 valence electrons. The van der Waals surface area contributed by atoms with E-state index in [-0.39, 0.29) is 11.8 Å². The quantitative estimate of drug-likeness (QED) is 0.517. The third-order valence-corrected chi connectivity index (χ3v) is 4.88. The van der Waals surface area contributed by atoms with E-state index in [2.05, 4.69) is 34.9 Å². The van der Waals surface area contributed by atoms with Gasteiger partial charge in [0, 0.05) is 12.0 Å². The molecule has 0 fully saturated rings. The fraction of sp³-hybridized carbons (Fsp3) is 0.407. The van der Waals surface area contributed by atoms with Crippen LogP contribution in [0, 0.1) is 5.92 Å². The maximum absolute atomic E-state index is 12.9. The first-order valence-corrected chi connectivity index (χ1v) is 11.2. The Labute approximate surface area is 192 Å². The minimum absolute atomic E-state index is 0.212. The summed E-state index contributed by atoms with van der Waals surface area (Å²) in [5.74, 6) is -0.208. The van der Waals surface area contributed by atoms with Crippen molar-refractivity contribution in [1.82, 2.24) is 10.6 Å². The maximum Gasteiger partial charge on any atom is 0.243 e. The molecule has 2 amide bonds. The number of nitrogens with two attached hydrogens (primary N) is 1. The second kappa shape index (κ2) is 11.6. The summed E-state index contributed by atoms with van der Waals surface area (Å²) < 4.78 is 0. The number of hydrogen-bond acceptors (Lipinski definition) is 3. The predicted octanol–water partition coefficient (Wildman–Crippen LogP) is 4.17. The van der Waals surface area contributed by atoms with Gasteiger partial charge in [-0.3, -0.25) is 9.59 Å². The normalized spacial score (nSPS) is 13.7. The molecule has 0 heterocycles. The Morgan fingerprint density at radius 2 is 1.47 bits per heavy atom. The summed E-state index contributed by atoms with van der Waals surface area (Å²) in [6, 6.07) is 16.8. The first-order valence-electron chi connectivity index (χ1n) is 11.2. The zero-order chi connectivity index (χ0) is 23.7. The van der Waals surface area contributed by atoms with Gasteiger partial charge >= 0.3 is 0 Å². The van der Waals surface area contributed by atoms with E-state index in [0.29, 0.717) is 18.8 Å². The lowest BCUT2D eigenvalue weighted by Gasteiger charge is -2.26. The molecule has 0 aliphatic rings. The van der Waals surface area contributed by atoms with E-state index in [4.69, 9.17) is 5.73 Å². The van der Waals surface area contributed by atoms with Crippen molar-refractivity contribution in [3.63, 3.8) is 0 Å². The van der Waals surface area contributed by atoms with Crippen molar-refractivity contribution in [1.29, 1.82) is 0 Å². The fourth-order valence-corrected chi connectivity index (χ4v) is 3.32. The molecule has 0 aromatic heterocycles. The van der Waals surface area contributed by atoms with Crippen molar-refractivity contribution < 1.29 is 9.59 Å². The highest BCUT2D eigenvalue weighted by molar-refractivity contribution is 5.90. The van der Waals surface area contributed by atoms with Gasteiger partial charge in [-0.1, -0.05) is 80.6 Å². The average molecular weight is 436 g/mol. The summed E-state index contributed by atoms with van der Waals surface area (Å²) in [5.41, 5.74) is 8.81. The van der Waals surface area contributed by atoms with Crippen molar-refractivity contribution in [3.8, 4) is 0 Å². The number of amides is 2. The van der Waals surface area contributed by atoms with Crippen molar-refractivity contribution in [2.24, 2.45) is 11.7 Å². The standard InChI is InChI=1S/C27H37N3O2/c1-19(2)17-23(28)25(31)29-24(26(32)30-27(3,4)5)18-22-15-13-21(14-16-22)12-11-20-9-7-6-8-10-20/h6-16,19,23-24H,17-18,28H2,1-5H3,(H,29,31)(H,30,32). The average Bonchev–Trinajstić information content (AvgIpc) is 2.71. The Hall–Kier alpha value is -2.92. The smallest absolute Gasteiger partial charge is 0.243 e. The van der Waals surface area contributed by atoms with Gasteiger partial charge in [0.05, 0.1) is 6.04 Å². The molecule has 0 aliphatic carbocycles. The minimum Gasteiger partial charge on any atom is -0.350 e. The van der Waals surface area contributed by atoms with Crippen LogP contribution < -0.4 is 16.4 Å². The lowest BCUT2D eigenvalue weighted by Crippen LogP contribution is -2.55. The van der Waals surface area contributed by atoms with Crippen LogP contribution in [0.2, 0.25) is 0 Å². The van der Waals surface area contributed by atoms with Crippen LogP contribution in [-0.4, -0.2) is 29.4 Å². The number of benzene rings is 2. The SMILES string of the molecule is CC(C)CC(N)C(=O)NC(Cc1ccc(C=Cc2ccccc2)cc1)C(=O)NC(C)(C)C. The van der Waals surface area contributed by atoms with Gasteiger partial charge in [0.15, 0.2) is 0 Å². The lowest BCUT2D eigenvalue weighted by molar-refractivity contribution is -0.130. The molecule has 32 heavy (non-hydrogen) atoms. The summed E-state index contributed by atoms with van der Waals surface area (Å²) in [7, 11) is 0. The zero-order valence-electron chi connectivity index (χ0n) is 19.9. The van der Waals surface area contributed by atoms with Crippen molar-refractivity contribution in [2.45, 2.75) is 65.1 Å². The Kier molecular flexibility index (Phi) is 9.21. The van der Waals surface area contributed by atoms with E-state index in [0.717, 1.165) is 16.7 Å². The van der Waals surface area contributed by atoms with Crippen LogP contribution in [0.1, 0.15) is 57.7 Å². The summed E-state index contributed by atoms with van der Waals surface area (Å²) in [6.07, 6.45) is 5.08. The highest BCUT2D eigenvalue weighted by Crippen LogP contribution is 2.12.